The number of nitrogens with two attached hydrogens (primary N) is 2. The molecule has 6 N–H and O–H groups in total. The van der Waals surface area contributed by atoms with Crippen LogP contribution >= 0.6 is 0 Å². The van der Waals surface area contributed by atoms with E-state index in [2.05, 4.69) is 33.7 Å². The third-order valence-corrected chi connectivity index (χ3v) is 4.15. The van der Waals surface area contributed by atoms with Crippen LogP contribution in [0, 0.1) is 11.8 Å². The van der Waals surface area contributed by atoms with Gasteiger partial charge in [-0.2, -0.15) is 0 Å². The van der Waals surface area contributed by atoms with Crippen molar-refractivity contribution in [1.29, 1.82) is 0 Å². The zero-order chi connectivity index (χ0) is 18.0. The lowest BCUT2D eigenvalue weighted by molar-refractivity contribution is -0.0322. The highest BCUT2D eigenvalue weighted by Gasteiger charge is 2.43. The van der Waals surface area contributed by atoms with Crippen LogP contribution in [0.15, 0.2) is 6.33 Å². The van der Waals surface area contributed by atoms with Crippen LogP contribution in [0.4, 0.5) is 5.82 Å². The molecule has 0 aromatic carbocycles. The van der Waals surface area contributed by atoms with E-state index in [1.165, 1.54) is 10.9 Å². The van der Waals surface area contributed by atoms with Gasteiger partial charge in [-0.05, 0) is 12.3 Å². The highest BCUT2D eigenvalue weighted by molar-refractivity contribution is 5.82. The third-order valence-electron chi connectivity index (χ3n) is 4.15. The molecule has 2 aromatic heterocycles. The van der Waals surface area contributed by atoms with Gasteiger partial charge < -0.3 is 26.4 Å². The number of unbranched alkanes of at least 4 members (excludes halogenated alkanes) is 2. The Labute approximate surface area is 145 Å². The van der Waals surface area contributed by atoms with Crippen LogP contribution in [-0.4, -0.2) is 54.6 Å². The van der Waals surface area contributed by atoms with Crippen molar-refractivity contribution in [2.75, 3.05) is 12.3 Å². The predicted molar refractivity (Wildman–Crippen MR) is 91.1 cm³/mol. The summed E-state index contributed by atoms with van der Waals surface area (Å²) >= 11 is 0. The van der Waals surface area contributed by atoms with Crippen molar-refractivity contribution in [1.82, 2.24) is 19.5 Å². The number of nitrogens with zero attached hydrogens (tertiary/aromatic N) is 4. The third kappa shape index (κ3) is 3.29. The van der Waals surface area contributed by atoms with E-state index in [1.54, 1.807) is 0 Å². The minimum atomic E-state index is -1.15. The van der Waals surface area contributed by atoms with Gasteiger partial charge in [0.05, 0.1) is 6.33 Å². The molecule has 4 atom stereocenters. The lowest BCUT2D eigenvalue weighted by atomic mass is 10.1. The molecule has 9 nitrogen and oxygen atoms in total. The largest absolute Gasteiger partial charge is 0.387 e. The van der Waals surface area contributed by atoms with Crippen LogP contribution in [0.5, 0.6) is 0 Å². The van der Waals surface area contributed by atoms with E-state index in [0.29, 0.717) is 11.2 Å². The highest BCUT2D eigenvalue weighted by atomic mass is 16.6. The number of rotatable bonds is 4. The van der Waals surface area contributed by atoms with Gasteiger partial charge in [0.15, 0.2) is 17.7 Å². The molecule has 25 heavy (non-hydrogen) atoms. The Balaban J connectivity index is 1.97. The second-order valence-corrected chi connectivity index (χ2v) is 5.94. The van der Waals surface area contributed by atoms with E-state index in [1.807, 2.05) is 0 Å². The van der Waals surface area contributed by atoms with E-state index in [0.717, 1.165) is 19.3 Å². The Morgan fingerprint density at radius 3 is 2.80 bits per heavy atom. The fourth-order valence-electron chi connectivity index (χ4n) is 2.74. The summed E-state index contributed by atoms with van der Waals surface area (Å²) in [5.74, 6) is 6.39. The summed E-state index contributed by atoms with van der Waals surface area (Å²) in [6.45, 7) is 2.18. The van der Waals surface area contributed by atoms with Crippen LogP contribution in [-0.2, 0) is 4.74 Å². The quantitative estimate of drug-likeness (QED) is 0.429. The molecular weight excluding hydrogens is 324 g/mol. The summed E-state index contributed by atoms with van der Waals surface area (Å²) in [7, 11) is 0. The van der Waals surface area contributed by atoms with Crippen LogP contribution in [0.25, 0.3) is 11.2 Å². The second-order valence-electron chi connectivity index (χ2n) is 5.94. The summed E-state index contributed by atoms with van der Waals surface area (Å²) in [6, 6.07) is 0. The molecule has 0 spiro atoms. The van der Waals surface area contributed by atoms with E-state index >= 15 is 0 Å². The maximum Gasteiger partial charge on any atom is 0.208 e. The molecule has 2 aromatic rings. The minimum absolute atomic E-state index is 0.0899. The Kier molecular flexibility index (Phi) is 5.15. The molecule has 0 bridgehead atoms. The standard InChI is InChI=1S/C16H22N6O3/c1-2-3-4-5-6-10-20-14(18)11-15(21-10)22(8-19-11)16-13(24)12(23)9(7-17)25-16/h8-9,12-13,16,23-24H,2-4,7,17H2,1H3,(H2,18,20,21)/t9-,12?,13?,16-/m1/s1. The molecule has 0 saturated carbocycles. The van der Waals surface area contributed by atoms with Crippen LogP contribution < -0.4 is 11.5 Å². The van der Waals surface area contributed by atoms with Crippen molar-refractivity contribution >= 4 is 17.0 Å². The molecule has 1 fully saturated rings. The lowest BCUT2D eigenvalue weighted by Crippen LogP contribution is -2.35. The number of imidazole rings is 1. The molecule has 3 rings (SSSR count). The fraction of sp³-hybridized carbons (Fsp3) is 0.562. The molecule has 1 aliphatic rings. The first-order valence-corrected chi connectivity index (χ1v) is 8.27. The molecule has 0 radical (unpaired) electrons. The molecule has 2 unspecified atom stereocenters. The summed E-state index contributed by atoms with van der Waals surface area (Å²) in [6.07, 6.45) is 0.513. The first kappa shape index (κ1) is 17.6. The van der Waals surface area contributed by atoms with Crippen LogP contribution in [0.2, 0.25) is 0 Å². The highest BCUT2D eigenvalue weighted by Crippen LogP contribution is 2.31. The number of aliphatic hydroxyl groups excluding tert-OH is 2. The molecular formula is C16H22N6O3. The average molecular weight is 346 g/mol. The molecule has 9 heteroatoms. The van der Waals surface area contributed by atoms with Gasteiger partial charge in [-0.1, -0.05) is 19.3 Å². The van der Waals surface area contributed by atoms with Crippen molar-refractivity contribution in [2.45, 2.75) is 50.7 Å². The Morgan fingerprint density at radius 1 is 1.32 bits per heavy atom. The minimum Gasteiger partial charge on any atom is -0.387 e. The monoisotopic (exact) mass is 346 g/mol. The van der Waals surface area contributed by atoms with E-state index in [-0.39, 0.29) is 18.2 Å². The van der Waals surface area contributed by atoms with Gasteiger partial charge >= 0.3 is 0 Å². The van der Waals surface area contributed by atoms with Gasteiger partial charge in [0.2, 0.25) is 5.82 Å². The number of hydrogen-bond donors (Lipinski definition) is 4. The van der Waals surface area contributed by atoms with Gasteiger partial charge in [-0.3, -0.25) is 4.57 Å². The molecule has 3 heterocycles. The SMILES string of the molecule is CCCCC#Cc1nc(N)c2ncn([C@@H]3O[C@H](CN)C(O)C3O)c2n1. The Morgan fingerprint density at radius 2 is 2.12 bits per heavy atom. The number of aliphatic hydroxyl groups is 2. The maximum atomic E-state index is 10.2. The van der Waals surface area contributed by atoms with Crippen molar-refractivity contribution in [2.24, 2.45) is 5.73 Å². The molecule has 1 saturated heterocycles. The number of hydrogen-bond acceptors (Lipinski definition) is 8. The van der Waals surface area contributed by atoms with Gasteiger partial charge in [0.25, 0.3) is 0 Å². The number of aromatic nitrogens is 4. The van der Waals surface area contributed by atoms with Crippen LogP contribution in [0.3, 0.4) is 0 Å². The first-order valence-electron chi connectivity index (χ1n) is 8.27. The predicted octanol–water partition coefficient (Wildman–Crippen LogP) is -0.472. The first-order chi connectivity index (χ1) is 12.1. The average Bonchev–Trinajstić information content (AvgIpc) is 3.14. The van der Waals surface area contributed by atoms with Gasteiger partial charge in [-0.15, -0.1) is 0 Å². The Bertz CT molecular complexity index is 811. The molecule has 0 aliphatic carbocycles. The number of anilines is 1. The van der Waals surface area contributed by atoms with E-state index in [9.17, 15) is 10.2 Å². The van der Waals surface area contributed by atoms with Crippen LogP contribution in [0.1, 0.15) is 38.2 Å². The smallest absolute Gasteiger partial charge is 0.208 e. The van der Waals surface area contributed by atoms with E-state index < -0.39 is 24.5 Å². The van der Waals surface area contributed by atoms with E-state index in [4.69, 9.17) is 16.2 Å². The van der Waals surface area contributed by atoms with Crippen molar-refractivity contribution in [3.8, 4) is 11.8 Å². The topological polar surface area (TPSA) is 145 Å². The van der Waals surface area contributed by atoms with Crippen molar-refractivity contribution < 1.29 is 14.9 Å². The number of nitrogen functional groups attached to an aromatic ring is 1. The van der Waals surface area contributed by atoms with Crippen molar-refractivity contribution in [3.63, 3.8) is 0 Å². The van der Waals surface area contributed by atoms with Crippen molar-refractivity contribution in [3.05, 3.63) is 12.2 Å². The lowest BCUT2D eigenvalue weighted by Gasteiger charge is -2.16. The zero-order valence-electron chi connectivity index (χ0n) is 14.0. The molecule has 0 amide bonds. The van der Waals surface area contributed by atoms with Gasteiger partial charge in [0, 0.05) is 13.0 Å². The van der Waals surface area contributed by atoms with Gasteiger partial charge in [0.1, 0.15) is 23.8 Å². The maximum absolute atomic E-state index is 10.2. The zero-order valence-corrected chi connectivity index (χ0v) is 14.0. The number of ether oxygens (including phenoxy) is 1. The summed E-state index contributed by atoms with van der Waals surface area (Å²) in [4.78, 5) is 12.7. The summed E-state index contributed by atoms with van der Waals surface area (Å²) in [5.41, 5.74) is 12.3. The summed E-state index contributed by atoms with van der Waals surface area (Å²) < 4.78 is 7.16. The molecule has 134 valence electrons. The molecule has 1 aliphatic heterocycles. The summed E-state index contributed by atoms with van der Waals surface area (Å²) in [5, 5.41) is 20.3. The second kappa shape index (κ2) is 7.33. The Hall–Kier alpha value is -2.25. The number of fused-ring (bicyclic) bond motifs is 1. The fourth-order valence-corrected chi connectivity index (χ4v) is 2.74. The van der Waals surface area contributed by atoms with Gasteiger partial charge in [-0.25, -0.2) is 15.0 Å². The normalized spacial score (nSPS) is 25.9.